The number of nitrogens with one attached hydrogen (secondary N) is 1. The Morgan fingerprint density at radius 2 is 2.15 bits per heavy atom. The van der Waals surface area contributed by atoms with Crippen LogP contribution in [-0.4, -0.2) is 54.3 Å². The molecule has 1 fully saturated rings. The van der Waals surface area contributed by atoms with Crippen molar-refractivity contribution in [2.75, 3.05) is 26.2 Å². The smallest absolute Gasteiger partial charge is 0.404 e. The van der Waals surface area contributed by atoms with Gasteiger partial charge in [0.25, 0.3) is 0 Å². The minimum Gasteiger partial charge on any atom is -0.481 e. The average molecular weight is 287 g/mol. The average Bonchev–Trinajstić information content (AvgIpc) is 2.80. The van der Waals surface area contributed by atoms with E-state index in [2.05, 4.69) is 10.1 Å². The first-order valence-corrected chi connectivity index (χ1v) is 6.59. The third-order valence-corrected chi connectivity index (χ3v) is 3.45. The first-order chi connectivity index (χ1) is 9.41. The molecule has 8 nitrogen and oxygen atoms in total. The monoisotopic (exact) mass is 287 g/mol. The number of carbonyl (C=O) groups excluding carboxylic acids is 2. The standard InChI is InChI=1S/C12H21N3O5/c1-2-3-12(9(16)17)4-6-15(8-12)11(19)14-5-7-20-10(13)18/h2-8H2,1H3,(H2,13,18)(H,14,19)(H,16,17). The maximum Gasteiger partial charge on any atom is 0.404 e. The Kier molecular flexibility index (Phi) is 5.60. The third kappa shape index (κ3) is 4.01. The summed E-state index contributed by atoms with van der Waals surface area (Å²) in [5.41, 5.74) is 3.95. The third-order valence-electron chi connectivity index (χ3n) is 3.45. The number of aliphatic carboxylic acids is 1. The Morgan fingerprint density at radius 3 is 2.70 bits per heavy atom. The van der Waals surface area contributed by atoms with E-state index in [1.54, 1.807) is 0 Å². The first-order valence-electron chi connectivity index (χ1n) is 6.59. The minimum atomic E-state index is -0.895. The number of rotatable bonds is 6. The lowest BCUT2D eigenvalue weighted by Gasteiger charge is -2.24. The van der Waals surface area contributed by atoms with Crippen LogP contribution in [0.4, 0.5) is 9.59 Å². The Balaban J connectivity index is 2.43. The molecule has 1 aliphatic rings. The molecule has 0 aromatic heterocycles. The number of nitrogens with zero attached hydrogens (tertiary/aromatic N) is 1. The van der Waals surface area contributed by atoms with Crippen molar-refractivity contribution in [2.24, 2.45) is 11.1 Å². The predicted molar refractivity (Wildman–Crippen MR) is 70.1 cm³/mol. The van der Waals surface area contributed by atoms with Crippen molar-refractivity contribution in [2.45, 2.75) is 26.2 Å². The van der Waals surface area contributed by atoms with Crippen LogP contribution in [-0.2, 0) is 9.53 Å². The fourth-order valence-corrected chi connectivity index (χ4v) is 2.43. The van der Waals surface area contributed by atoms with Crippen LogP contribution in [0.3, 0.4) is 0 Å². The maximum absolute atomic E-state index is 11.9. The zero-order chi connectivity index (χ0) is 15.2. The second-order valence-corrected chi connectivity index (χ2v) is 4.91. The Bertz CT molecular complexity index is 387. The summed E-state index contributed by atoms with van der Waals surface area (Å²) in [5, 5.41) is 11.9. The number of hydrogen-bond donors (Lipinski definition) is 3. The fraction of sp³-hybridized carbons (Fsp3) is 0.750. The summed E-state index contributed by atoms with van der Waals surface area (Å²) in [6.45, 7) is 2.68. The molecular formula is C12H21N3O5. The molecule has 0 saturated carbocycles. The van der Waals surface area contributed by atoms with E-state index < -0.39 is 17.5 Å². The number of nitrogens with two attached hydrogens (primary N) is 1. The summed E-state index contributed by atoms with van der Waals surface area (Å²) in [5.74, 6) is -0.855. The van der Waals surface area contributed by atoms with Crippen molar-refractivity contribution >= 4 is 18.1 Å². The van der Waals surface area contributed by atoms with Crippen LogP contribution in [0.5, 0.6) is 0 Å². The van der Waals surface area contributed by atoms with Crippen LogP contribution in [0.2, 0.25) is 0 Å². The highest BCUT2D eigenvalue weighted by Gasteiger charge is 2.45. The molecule has 20 heavy (non-hydrogen) atoms. The Labute approximate surface area is 117 Å². The number of hydrogen-bond acceptors (Lipinski definition) is 4. The lowest BCUT2D eigenvalue weighted by atomic mass is 9.83. The summed E-state index contributed by atoms with van der Waals surface area (Å²) in [6.07, 6.45) is 0.875. The van der Waals surface area contributed by atoms with Gasteiger partial charge in [-0.1, -0.05) is 13.3 Å². The van der Waals surface area contributed by atoms with Gasteiger partial charge in [0.2, 0.25) is 0 Å². The van der Waals surface area contributed by atoms with Crippen LogP contribution < -0.4 is 11.1 Å². The molecule has 3 amide bonds. The number of carboxylic acid groups (broad SMARTS) is 1. The molecule has 1 unspecified atom stereocenters. The van der Waals surface area contributed by atoms with Crippen LogP contribution in [0.15, 0.2) is 0 Å². The van der Waals surface area contributed by atoms with Gasteiger partial charge in [-0.25, -0.2) is 9.59 Å². The van der Waals surface area contributed by atoms with Gasteiger partial charge in [-0.3, -0.25) is 4.79 Å². The van der Waals surface area contributed by atoms with Gasteiger partial charge in [0.1, 0.15) is 6.61 Å². The van der Waals surface area contributed by atoms with Gasteiger partial charge in [-0.05, 0) is 12.8 Å². The van der Waals surface area contributed by atoms with E-state index in [0.717, 1.165) is 6.42 Å². The molecule has 8 heteroatoms. The number of ether oxygens (including phenoxy) is 1. The highest BCUT2D eigenvalue weighted by atomic mass is 16.5. The van der Waals surface area contributed by atoms with E-state index in [1.807, 2.05) is 6.92 Å². The molecule has 0 bridgehead atoms. The molecule has 114 valence electrons. The number of carboxylic acids is 1. The van der Waals surface area contributed by atoms with Crippen LogP contribution in [0, 0.1) is 5.41 Å². The summed E-state index contributed by atoms with van der Waals surface area (Å²) >= 11 is 0. The molecule has 0 radical (unpaired) electrons. The molecule has 0 aromatic carbocycles. The topological polar surface area (TPSA) is 122 Å². The molecule has 1 heterocycles. The van der Waals surface area contributed by atoms with E-state index in [0.29, 0.717) is 19.4 Å². The molecule has 1 atom stereocenters. The van der Waals surface area contributed by atoms with Gasteiger partial charge in [0, 0.05) is 13.1 Å². The zero-order valence-electron chi connectivity index (χ0n) is 11.6. The molecule has 0 aliphatic carbocycles. The van der Waals surface area contributed by atoms with Crippen LogP contribution in [0.1, 0.15) is 26.2 Å². The van der Waals surface area contributed by atoms with Crippen molar-refractivity contribution in [3.8, 4) is 0 Å². The van der Waals surface area contributed by atoms with Crippen LogP contribution >= 0.6 is 0 Å². The molecule has 0 spiro atoms. The number of primary amides is 1. The summed E-state index contributed by atoms with van der Waals surface area (Å²) in [6, 6.07) is -0.350. The Hall–Kier alpha value is -1.99. The predicted octanol–water partition coefficient (Wildman–Crippen LogP) is 0.368. The van der Waals surface area contributed by atoms with Gasteiger partial charge in [-0.15, -0.1) is 0 Å². The highest BCUT2D eigenvalue weighted by Crippen LogP contribution is 2.35. The lowest BCUT2D eigenvalue weighted by molar-refractivity contribution is -0.148. The SMILES string of the molecule is CCCC1(C(=O)O)CCN(C(=O)NCCOC(N)=O)C1. The zero-order valence-corrected chi connectivity index (χ0v) is 11.6. The molecule has 1 saturated heterocycles. The number of urea groups is 1. The van der Waals surface area contributed by atoms with Crippen molar-refractivity contribution in [1.82, 2.24) is 10.2 Å². The van der Waals surface area contributed by atoms with E-state index in [4.69, 9.17) is 5.73 Å². The molecule has 4 N–H and O–H groups in total. The number of likely N-dealkylation sites (tertiary alicyclic amines) is 1. The lowest BCUT2D eigenvalue weighted by Crippen LogP contribution is -2.42. The van der Waals surface area contributed by atoms with E-state index in [9.17, 15) is 19.5 Å². The van der Waals surface area contributed by atoms with Gasteiger partial charge in [-0.2, -0.15) is 0 Å². The number of amides is 3. The number of carbonyl (C=O) groups is 3. The van der Waals surface area contributed by atoms with Crippen molar-refractivity contribution < 1.29 is 24.2 Å². The summed E-state index contributed by atoms with van der Waals surface area (Å²) < 4.78 is 4.48. The summed E-state index contributed by atoms with van der Waals surface area (Å²) in [7, 11) is 0. The maximum atomic E-state index is 11.9. The van der Waals surface area contributed by atoms with Gasteiger partial charge in [0.05, 0.1) is 12.0 Å². The first kappa shape index (κ1) is 16.1. The second-order valence-electron chi connectivity index (χ2n) is 4.91. The molecule has 0 aromatic rings. The molecular weight excluding hydrogens is 266 g/mol. The molecule has 1 rings (SSSR count). The van der Waals surface area contributed by atoms with E-state index in [-0.39, 0.29) is 25.7 Å². The van der Waals surface area contributed by atoms with Crippen molar-refractivity contribution in [1.29, 1.82) is 0 Å². The van der Waals surface area contributed by atoms with Crippen LogP contribution in [0.25, 0.3) is 0 Å². The Morgan fingerprint density at radius 1 is 1.45 bits per heavy atom. The fourth-order valence-electron chi connectivity index (χ4n) is 2.43. The molecule has 1 aliphatic heterocycles. The largest absolute Gasteiger partial charge is 0.481 e. The normalized spacial score (nSPS) is 21.6. The quantitative estimate of drug-likeness (QED) is 0.609. The minimum absolute atomic E-state index is 0.00601. The van der Waals surface area contributed by atoms with Gasteiger partial charge in [0.15, 0.2) is 0 Å². The summed E-state index contributed by atoms with van der Waals surface area (Å²) in [4.78, 5) is 35.1. The van der Waals surface area contributed by atoms with Gasteiger partial charge >= 0.3 is 18.1 Å². The van der Waals surface area contributed by atoms with E-state index in [1.165, 1.54) is 4.90 Å². The highest BCUT2D eigenvalue weighted by molar-refractivity contribution is 5.79. The second kappa shape index (κ2) is 6.97. The van der Waals surface area contributed by atoms with E-state index >= 15 is 0 Å². The van der Waals surface area contributed by atoms with Crippen molar-refractivity contribution in [3.05, 3.63) is 0 Å². The van der Waals surface area contributed by atoms with Gasteiger partial charge < -0.3 is 25.8 Å². The van der Waals surface area contributed by atoms with Crippen molar-refractivity contribution in [3.63, 3.8) is 0 Å².